The molecule has 0 bridgehead atoms. The second kappa shape index (κ2) is 5.04. The zero-order valence-electron chi connectivity index (χ0n) is 10.7. The van der Waals surface area contributed by atoms with Crippen molar-refractivity contribution in [2.75, 3.05) is 0 Å². The number of amides is 1. The number of pyridine rings is 1. The Kier molecular flexibility index (Phi) is 3.08. The Labute approximate surface area is 114 Å². The molecule has 3 aromatic rings. The van der Waals surface area contributed by atoms with Gasteiger partial charge in [-0.25, -0.2) is 0 Å². The smallest absolute Gasteiger partial charge is 0.252 e. The third-order valence-electron chi connectivity index (χ3n) is 2.99. The molecule has 100 valence electrons. The minimum Gasteiger partial charge on any atom is -0.342 e. The van der Waals surface area contributed by atoms with E-state index >= 15 is 0 Å². The lowest BCUT2D eigenvalue weighted by atomic mass is 10.1. The largest absolute Gasteiger partial charge is 0.342 e. The number of tetrazole rings is 1. The minimum absolute atomic E-state index is 0.194. The molecule has 0 saturated carbocycles. The zero-order chi connectivity index (χ0) is 13.9. The number of benzene rings is 1. The molecule has 20 heavy (non-hydrogen) atoms. The number of H-pyrrole nitrogens is 1. The summed E-state index contributed by atoms with van der Waals surface area (Å²) in [6, 6.07) is 8.80. The van der Waals surface area contributed by atoms with Gasteiger partial charge in [-0.3, -0.25) is 9.78 Å². The summed E-state index contributed by atoms with van der Waals surface area (Å²) in [5, 5.41) is 17.2. The quantitative estimate of drug-likeness (QED) is 0.745. The fraction of sp³-hybridized carbons (Fsp3) is 0.154. The molecule has 2 N–H and O–H groups in total. The molecule has 1 unspecified atom stereocenters. The molecule has 0 aliphatic rings. The normalized spacial score (nSPS) is 12.2. The molecule has 7 nitrogen and oxygen atoms in total. The summed E-state index contributed by atoms with van der Waals surface area (Å²) < 4.78 is 0. The number of carbonyl (C=O) groups is 1. The van der Waals surface area contributed by atoms with Gasteiger partial charge in [0.05, 0.1) is 11.6 Å². The van der Waals surface area contributed by atoms with E-state index in [0.29, 0.717) is 11.4 Å². The van der Waals surface area contributed by atoms with Gasteiger partial charge in [0.2, 0.25) is 0 Å². The van der Waals surface area contributed by atoms with Crippen molar-refractivity contribution in [3.8, 4) is 0 Å². The molecule has 1 amide bonds. The number of rotatable bonds is 3. The molecule has 0 radical (unpaired) electrons. The molecule has 0 saturated heterocycles. The first kappa shape index (κ1) is 12.2. The number of carbonyl (C=O) groups excluding carboxylic acids is 1. The number of hydrogen-bond acceptors (Lipinski definition) is 5. The maximum absolute atomic E-state index is 12.3. The number of nitrogens with zero attached hydrogens (tertiary/aromatic N) is 4. The summed E-state index contributed by atoms with van der Waals surface area (Å²) in [5.41, 5.74) is 1.36. The average molecular weight is 268 g/mol. The zero-order valence-corrected chi connectivity index (χ0v) is 10.7. The lowest BCUT2D eigenvalue weighted by Crippen LogP contribution is -2.27. The van der Waals surface area contributed by atoms with E-state index < -0.39 is 0 Å². The van der Waals surface area contributed by atoms with Crippen LogP contribution in [0.25, 0.3) is 10.9 Å². The van der Waals surface area contributed by atoms with E-state index in [-0.39, 0.29) is 11.9 Å². The molecule has 0 spiro atoms. The third kappa shape index (κ3) is 2.20. The predicted octanol–water partition coefficient (Wildman–Crippen LogP) is 1.24. The van der Waals surface area contributed by atoms with E-state index in [4.69, 9.17) is 0 Å². The van der Waals surface area contributed by atoms with Crippen molar-refractivity contribution in [1.82, 2.24) is 30.9 Å². The van der Waals surface area contributed by atoms with E-state index in [1.165, 1.54) is 0 Å². The van der Waals surface area contributed by atoms with Crippen LogP contribution < -0.4 is 5.32 Å². The van der Waals surface area contributed by atoms with Gasteiger partial charge in [0, 0.05) is 17.1 Å². The first-order valence-electron chi connectivity index (χ1n) is 6.13. The number of nitrogens with one attached hydrogen (secondary N) is 2. The maximum atomic E-state index is 12.3. The van der Waals surface area contributed by atoms with Gasteiger partial charge in [-0.15, -0.1) is 10.2 Å². The van der Waals surface area contributed by atoms with Gasteiger partial charge < -0.3 is 5.32 Å². The molecule has 3 rings (SSSR count). The van der Waals surface area contributed by atoms with E-state index in [1.54, 1.807) is 19.2 Å². The summed E-state index contributed by atoms with van der Waals surface area (Å²) in [5.74, 6) is 0.248. The van der Waals surface area contributed by atoms with Crippen LogP contribution in [0.3, 0.4) is 0 Å². The van der Waals surface area contributed by atoms with Crippen molar-refractivity contribution in [3.05, 3.63) is 47.9 Å². The Bertz CT molecular complexity index is 734. The van der Waals surface area contributed by atoms with Gasteiger partial charge in [-0.05, 0) is 25.1 Å². The average Bonchev–Trinajstić information content (AvgIpc) is 3.01. The van der Waals surface area contributed by atoms with Crippen LogP contribution in [0.1, 0.15) is 29.1 Å². The van der Waals surface area contributed by atoms with E-state index in [0.717, 1.165) is 10.9 Å². The van der Waals surface area contributed by atoms with E-state index in [2.05, 4.69) is 30.9 Å². The highest BCUT2D eigenvalue weighted by Crippen LogP contribution is 2.17. The Balaban J connectivity index is 1.89. The third-order valence-corrected chi connectivity index (χ3v) is 2.99. The summed E-state index contributed by atoms with van der Waals surface area (Å²) in [6.45, 7) is 1.80. The van der Waals surface area contributed by atoms with Crippen LogP contribution in [0.4, 0.5) is 0 Å². The number of hydrogen-bond donors (Lipinski definition) is 2. The first-order chi connectivity index (χ1) is 9.75. The van der Waals surface area contributed by atoms with Gasteiger partial charge in [0.25, 0.3) is 5.91 Å². The fourth-order valence-corrected chi connectivity index (χ4v) is 1.99. The summed E-state index contributed by atoms with van der Waals surface area (Å²) in [7, 11) is 0. The van der Waals surface area contributed by atoms with Gasteiger partial charge in [-0.1, -0.05) is 17.3 Å². The topological polar surface area (TPSA) is 96.5 Å². The number of aromatic nitrogens is 5. The van der Waals surface area contributed by atoms with Crippen LogP contribution in [0.15, 0.2) is 36.5 Å². The van der Waals surface area contributed by atoms with Crippen LogP contribution in [0, 0.1) is 0 Å². The highest BCUT2D eigenvalue weighted by Gasteiger charge is 2.16. The highest BCUT2D eigenvalue weighted by atomic mass is 16.1. The monoisotopic (exact) mass is 268 g/mol. The Morgan fingerprint density at radius 2 is 2.20 bits per heavy atom. The number of aromatic amines is 1. The second-order valence-corrected chi connectivity index (χ2v) is 4.34. The Morgan fingerprint density at radius 1 is 1.30 bits per heavy atom. The van der Waals surface area contributed by atoms with Crippen molar-refractivity contribution in [2.24, 2.45) is 0 Å². The summed E-state index contributed by atoms with van der Waals surface area (Å²) in [6.07, 6.45) is 1.70. The molecule has 1 atom stereocenters. The van der Waals surface area contributed by atoms with Crippen LogP contribution in [-0.2, 0) is 0 Å². The second-order valence-electron chi connectivity index (χ2n) is 4.34. The molecule has 2 aromatic heterocycles. The van der Waals surface area contributed by atoms with Crippen LogP contribution in [-0.4, -0.2) is 31.5 Å². The molecule has 2 heterocycles. The molecule has 7 heteroatoms. The van der Waals surface area contributed by atoms with E-state index in [9.17, 15) is 4.79 Å². The van der Waals surface area contributed by atoms with Crippen molar-refractivity contribution in [3.63, 3.8) is 0 Å². The van der Waals surface area contributed by atoms with Crippen molar-refractivity contribution in [1.29, 1.82) is 0 Å². The number of fused-ring (bicyclic) bond motifs is 1. The highest BCUT2D eigenvalue weighted by molar-refractivity contribution is 6.06. The van der Waals surface area contributed by atoms with Crippen LogP contribution in [0.2, 0.25) is 0 Å². The van der Waals surface area contributed by atoms with Crippen LogP contribution >= 0.6 is 0 Å². The summed E-state index contributed by atoms with van der Waals surface area (Å²) in [4.78, 5) is 16.6. The van der Waals surface area contributed by atoms with Gasteiger partial charge in [-0.2, -0.15) is 5.21 Å². The van der Waals surface area contributed by atoms with Gasteiger partial charge in [0.15, 0.2) is 5.82 Å². The molecular weight excluding hydrogens is 256 g/mol. The maximum Gasteiger partial charge on any atom is 0.252 e. The van der Waals surface area contributed by atoms with Crippen molar-refractivity contribution in [2.45, 2.75) is 13.0 Å². The van der Waals surface area contributed by atoms with E-state index in [1.807, 2.05) is 24.3 Å². The van der Waals surface area contributed by atoms with Crippen molar-refractivity contribution < 1.29 is 4.79 Å². The molecule has 0 aliphatic carbocycles. The van der Waals surface area contributed by atoms with Gasteiger partial charge in [0.1, 0.15) is 0 Å². The fourth-order valence-electron chi connectivity index (χ4n) is 1.99. The SMILES string of the molecule is CC(NC(=O)c1cccc2ncccc12)c1nn[nH]n1. The molecule has 0 fully saturated rings. The standard InChI is InChI=1S/C13H12N6O/c1-8(12-16-18-19-17-12)15-13(20)10-4-2-6-11-9(10)5-3-7-14-11/h2-8H,1H3,(H,15,20)(H,16,17,18,19). The minimum atomic E-state index is -0.326. The lowest BCUT2D eigenvalue weighted by Gasteiger charge is -2.11. The lowest BCUT2D eigenvalue weighted by molar-refractivity contribution is 0.0940. The van der Waals surface area contributed by atoms with Crippen molar-refractivity contribution >= 4 is 16.8 Å². The molecule has 1 aromatic carbocycles. The van der Waals surface area contributed by atoms with Crippen LogP contribution in [0.5, 0.6) is 0 Å². The Hall–Kier alpha value is -2.83. The molecule has 0 aliphatic heterocycles. The molecular formula is C13H12N6O. The summed E-state index contributed by atoms with van der Waals surface area (Å²) >= 11 is 0. The predicted molar refractivity (Wildman–Crippen MR) is 71.8 cm³/mol. The Morgan fingerprint density at radius 3 is 3.00 bits per heavy atom. The van der Waals surface area contributed by atoms with Gasteiger partial charge >= 0.3 is 0 Å². The first-order valence-corrected chi connectivity index (χ1v) is 6.13.